The van der Waals surface area contributed by atoms with Crippen LogP contribution in [0, 0.1) is 0 Å². The molecule has 4 nitrogen and oxygen atoms in total. The van der Waals surface area contributed by atoms with E-state index in [1.807, 2.05) is 54.8 Å². The van der Waals surface area contributed by atoms with Crippen LogP contribution < -0.4 is 10.1 Å². The number of hydrogen-bond acceptors (Lipinski definition) is 4. The standard InChI is InChI=1S/C23H26N2O2S/c1-5-27-18-12-10-16(11-13-18)22-24-17(15-28-22)14-21(26)25-20-9-7-6-8-19(20)23(2,3)4/h6-13,15H,5,14H2,1-4H3,(H,25,26). The quantitative estimate of drug-likeness (QED) is 0.584. The Balaban J connectivity index is 1.68. The number of amides is 1. The summed E-state index contributed by atoms with van der Waals surface area (Å²) in [4.78, 5) is 17.2. The largest absolute Gasteiger partial charge is 0.494 e. The third kappa shape index (κ3) is 4.98. The van der Waals surface area contributed by atoms with E-state index in [2.05, 4.69) is 37.1 Å². The monoisotopic (exact) mass is 394 g/mol. The average Bonchev–Trinajstić information content (AvgIpc) is 3.10. The van der Waals surface area contributed by atoms with Crippen LogP contribution in [0.1, 0.15) is 39.0 Å². The van der Waals surface area contributed by atoms with Gasteiger partial charge >= 0.3 is 0 Å². The number of carbonyl (C=O) groups excluding carboxylic acids is 1. The van der Waals surface area contributed by atoms with E-state index in [1.54, 1.807) is 11.3 Å². The third-order valence-corrected chi connectivity index (χ3v) is 5.26. The molecule has 2 aromatic carbocycles. The van der Waals surface area contributed by atoms with Crippen LogP contribution in [0.25, 0.3) is 10.6 Å². The second-order valence-electron chi connectivity index (χ2n) is 7.62. The van der Waals surface area contributed by atoms with Gasteiger partial charge in [0.2, 0.25) is 5.91 Å². The van der Waals surface area contributed by atoms with Gasteiger partial charge in [0.05, 0.1) is 18.7 Å². The highest BCUT2D eigenvalue weighted by Gasteiger charge is 2.19. The molecule has 1 heterocycles. The lowest BCUT2D eigenvalue weighted by atomic mass is 9.86. The zero-order valence-electron chi connectivity index (χ0n) is 16.8. The molecule has 0 fully saturated rings. The number of para-hydroxylation sites is 1. The lowest BCUT2D eigenvalue weighted by Gasteiger charge is -2.22. The van der Waals surface area contributed by atoms with Gasteiger partial charge in [0.15, 0.2) is 0 Å². The predicted molar refractivity (Wildman–Crippen MR) is 116 cm³/mol. The van der Waals surface area contributed by atoms with Crippen molar-refractivity contribution < 1.29 is 9.53 Å². The van der Waals surface area contributed by atoms with E-state index in [1.165, 1.54) is 0 Å². The summed E-state index contributed by atoms with van der Waals surface area (Å²) in [5.41, 5.74) is 3.75. The first kappa shape index (κ1) is 20.1. The van der Waals surface area contributed by atoms with Gasteiger partial charge in [-0.1, -0.05) is 39.0 Å². The summed E-state index contributed by atoms with van der Waals surface area (Å²) in [6.07, 6.45) is 0.256. The maximum absolute atomic E-state index is 12.6. The number of nitrogens with one attached hydrogen (secondary N) is 1. The highest BCUT2D eigenvalue weighted by molar-refractivity contribution is 7.13. The van der Waals surface area contributed by atoms with Crippen LogP contribution in [-0.4, -0.2) is 17.5 Å². The lowest BCUT2D eigenvalue weighted by molar-refractivity contribution is -0.115. The summed E-state index contributed by atoms with van der Waals surface area (Å²) in [6, 6.07) is 15.8. The van der Waals surface area contributed by atoms with E-state index in [-0.39, 0.29) is 17.7 Å². The fourth-order valence-electron chi connectivity index (χ4n) is 2.99. The topological polar surface area (TPSA) is 51.2 Å². The first-order chi connectivity index (χ1) is 13.4. The van der Waals surface area contributed by atoms with Gasteiger partial charge in [-0.3, -0.25) is 4.79 Å². The number of thiazole rings is 1. The van der Waals surface area contributed by atoms with Gasteiger partial charge in [-0.15, -0.1) is 11.3 Å². The van der Waals surface area contributed by atoms with Crippen LogP contribution in [-0.2, 0) is 16.6 Å². The summed E-state index contributed by atoms with van der Waals surface area (Å²) in [6.45, 7) is 9.03. The molecule has 1 N–H and O–H groups in total. The molecule has 0 spiro atoms. The summed E-state index contributed by atoms with van der Waals surface area (Å²) in [7, 11) is 0. The summed E-state index contributed by atoms with van der Waals surface area (Å²) < 4.78 is 5.47. The third-order valence-electron chi connectivity index (χ3n) is 4.31. The molecular weight excluding hydrogens is 368 g/mol. The number of nitrogens with zero attached hydrogens (tertiary/aromatic N) is 1. The van der Waals surface area contributed by atoms with E-state index in [0.29, 0.717) is 6.61 Å². The molecule has 0 radical (unpaired) electrons. The highest BCUT2D eigenvalue weighted by Crippen LogP contribution is 2.30. The fourth-order valence-corrected chi connectivity index (χ4v) is 3.81. The molecule has 1 aromatic heterocycles. The first-order valence-electron chi connectivity index (χ1n) is 9.44. The molecular formula is C23H26N2O2S. The normalized spacial score (nSPS) is 11.3. The number of hydrogen-bond donors (Lipinski definition) is 1. The van der Waals surface area contributed by atoms with Gasteiger partial charge in [-0.25, -0.2) is 4.98 Å². The molecule has 0 saturated heterocycles. The summed E-state index contributed by atoms with van der Waals surface area (Å²) >= 11 is 1.55. The van der Waals surface area contributed by atoms with Crippen LogP contribution in [0.2, 0.25) is 0 Å². The minimum atomic E-state index is -0.0553. The smallest absolute Gasteiger partial charge is 0.230 e. The molecule has 3 rings (SSSR count). The minimum Gasteiger partial charge on any atom is -0.494 e. The van der Waals surface area contributed by atoms with Crippen molar-refractivity contribution in [3.8, 4) is 16.3 Å². The Morgan fingerprint density at radius 3 is 2.50 bits per heavy atom. The van der Waals surface area contributed by atoms with Crippen LogP contribution in [0.5, 0.6) is 5.75 Å². The van der Waals surface area contributed by atoms with Crippen LogP contribution in [0.3, 0.4) is 0 Å². The Hall–Kier alpha value is -2.66. The van der Waals surface area contributed by atoms with Gasteiger partial charge in [0.1, 0.15) is 10.8 Å². The molecule has 5 heteroatoms. The highest BCUT2D eigenvalue weighted by atomic mass is 32.1. The summed E-state index contributed by atoms with van der Waals surface area (Å²) in [5.74, 6) is 0.792. The van der Waals surface area contributed by atoms with E-state index in [4.69, 9.17) is 4.74 Å². The zero-order valence-corrected chi connectivity index (χ0v) is 17.6. The molecule has 0 aliphatic rings. The SMILES string of the molecule is CCOc1ccc(-c2nc(CC(=O)Nc3ccccc3C(C)(C)C)cs2)cc1. The Labute approximate surface area is 170 Å². The van der Waals surface area contributed by atoms with Crippen molar-refractivity contribution >= 4 is 22.9 Å². The average molecular weight is 395 g/mol. The van der Waals surface area contributed by atoms with E-state index in [9.17, 15) is 4.79 Å². The number of carbonyl (C=O) groups is 1. The number of ether oxygens (including phenoxy) is 1. The molecule has 1 amide bonds. The van der Waals surface area contributed by atoms with Crippen molar-refractivity contribution in [2.24, 2.45) is 0 Å². The second kappa shape index (κ2) is 8.57. The number of rotatable bonds is 6. The molecule has 3 aromatic rings. The van der Waals surface area contributed by atoms with E-state index < -0.39 is 0 Å². The van der Waals surface area contributed by atoms with Crippen molar-refractivity contribution in [3.05, 3.63) is 65.2 Å². The van der Waals surface area contributed by atoms with Gasteiger partial charge in [0.25, 0.3) is 0 Å². The first-order valence-corrected chi connectivity index (χ1v) is 10.3. The molecule has 28 heavy (non-hydrogen) atoms. The van der Waals surface area contributed by atoms with Crippen LogP contribution >= 0.6 is 11.3 Å². The second-order valence-corrected chi connectivity index (χ2v) is 8.48. The van der Waals surface area contributed by atoms with Gasteiger partial charge < -0.3 is 10.1 Å². The zero-order chi connectivity index (χ0) is 20.1. The minimum absolute atomic E-state index is 0.0364. The molecule has 0 bridgehead atoms. The molecule has 0 aliphatic heterocycles. The van der Waals surface area contributed by atoms with Gasteiger partial charge in [-0.2, -0.15) is 0 Å². The molecule has 0 aliphatic carbocycles. The van der Waals surface area contributed by atoms with Crippen LogP contribution in [0.15, 0.2) is 53.9 Å². The Kier molecular flexibility index (Phi) is 6.15. The maximum atomic E-state index is 12.6. The maximum Gasteiger partial charge on any atom is 0.230 e. The lowest BCUT2D eigenvalue weighted by Crippen LogP contribution is -2.20. The van der Waals surface area contributed by atoms with Crippen molar-refractivity contribution in [2.45, 2.75) is 39.5 Å². The number of aromatic nitrogens is 1. The van der Waals surface area contributed by atoms with Crippen molar-refractivity contribution in [2.75, 3.05) is 11.9 Å². The molecule has 0 unspecified atom stereocenters. The van der Waals surface area contributed by atoms with E-state index in [0.717, 1.165) is 33.3 Å². The predicted octanol–water partition coefficient (Wildman–Crippen LogP) is 5.69. The summed E-state index contributed by atoms with van der Waals surface area (Å²) in [5, 5.41) is 5.89. The fraction of sp³-hybridized carbons (Fsp3) is 0.304. The Bertz CT molecular complexity index is 940. The molecule has 0 saturated carbocycles. The number of anilines is 1. The van der Waals surface area contributed by atoms with Crippen LogP contribution in [0.4, 0.5) is 5.69 Å². The Morgan fingerprint density at radius 1 is 1.11 bits per heavy atom. The molecule has 146 valence electrons. The number of benzene rings is 2. The van der Waals surface area contributed by atoms with Crippen molar-refractivity contribution in [1.29, 1.82) is 0 Å². The van der Waals surface area contributed by atoms with E-state index >= 15 is 0 Å². The van der Waals surface area contributed by atoms with Gasteiger partial charge in [0, 0.05) is 16.6 Å². The Morgan fingerprint density at radius 2 is 1.82 bits per heavy atom. The van der Waals surface area contributed by atoms with Crippen molar-refractivity contribution in [3.63, 3.8) is 0 Å². The van der Waals surface area contributed by atoms with Gasteiger partial charge in [-0.05, 0) is 48.2 Å². The van der Waals surface area contributed by atoms with Crippen molar-refractivity contribution in [1.82, 2.24) is 4.98 Å². The molecule has 0 atom stereocenters.